The van der Waals surface area contributed by atoms with Gasteiger partial charge in [0.2, 0.25) is 0 Å². The Hall–Kier alpha value is -2.10. The second-order valence-corrected chi connectivity index (χ2v) is 5.11. The van der Waals surface area contributed by atoms with E-state index in [4.69, 9.17) is 0 Å². The molecular formula is C19H27N3. The number of allylic oxidation sites excluding steroid dienone is 6. The van der Waals surface area contributed by atoms with Gasteiger partial charge in [0.05, 0.1) is 0 Å². The number of benzene rings is 1. The van der Waals surface area contributed by atoms with E-state index in [-0.39, 0.29) is 0 Å². The van der Waals surface area contributed by atoms with E-state index in [1.807, 2.05) is 13.1 Å². The first-order valence-electron chi connectivity index (χ1n) is 7.55. The Balaban J connectivity index is 2.81. The number of hydrogen-bond donors (Lipinski definition) is 3. The van der Waals surface area contributed by atoms with Crippen LogP contribution in [0.1, 0.15) is 24.5 Å². The molecule has 0 aliphatic rings. The van der Waals surface area contributed by atoms with Gasteiger partial charge in [0.15, 0.2) is 0 Å². The van der Waals surface area contributed by atoms with Crippen LogP contribution in [0, 0.1) is 6.92 Å². The van der Waals surface area contributed by atoms with E-state index in [0.717, 1.165) is 24.1 Å². The molecule has 22 heavy (non-hydrogen) atoms. The molecule has 0 saturated carbocycles. The third-order valence-electron chi connectivity index (χ3n) is 3.16. The monoisotopic (exact) mass is 297 g/mol. The van der Waals surface area contributed by atoms with Gasteiger partial charge in [0.1, 0.15) is 0 Å². The summed E-state index contributed by atoms with van der Waals surface area (Å²) in [7, 11) is 1.83. The van der Waals surface area contributed by atoms with E-state index < -0.39 is 0 Å². The van der Waals surface area contributed by atoms with Crippen LogP contribution in [0.5, 0.6) is 0 Å². The van der Waals surface area contributed by atoms with Gasteiger partial charge in [-0.2, -0.15) is 5.53 Å². The van der Waals surface area contributed by atoms with Crippen molar-refractivity contribution in [3.8, 4) is 0 Å². The summed E-state index contributed by atoms with van der Waals surface area (Å²) in [4.78, 5) is 0. The molecule has 1 aromatic rings. The lowest BCUT2D eigenvalue weighted by atomic mass is 10.1. The van der Waals surface area contributed by atoms with Gasteiger partial charge in [0.25, 0.3) is 0 Å². The fourth-order valence-electron chi connectivity index (χ4n) is 1.98. The third-order valence-corrected chi connectivity index (χ3v) is 3.16. The molecule has 0 aliphatic carbocycles. The van der Waals surface area contributed by atoms with Crippen molar-refractivity contribution < 1.29 is 0 Å². The molecule has 118 valence electrons. The minimum absolute atomic E-state index is 0.883. The second-order valence-electron chi connectivity index (χ2n) is 5.11. The molecule has 0 unspecified atom stereocenters. The molecule has 3 nitrogen and oxygen atoms in total. The van der Waals surface area contributed by atoms with Gasteiger partial charge in [-0.05, 0) is 37.8 Å². The molecule has 0 heterocycles. The molecule has 0 radical (unpaired) electrons. The van der Waals surface area contributed by atoms with E-state index >= 15 is 0 Å². The maximum absolute atomic E-state index is 3.71. The predicted octanol–water partition coefficient (Wildman–Crippen LogP) is 3.73. The smallest absolute Gasteiger partial charge is 0.0493 e. The summed E-state index contributed by atoms with van der Waals surface area (Å²) >= 11 is 0. The Morgan fingerprint density at radius 3 is 2.82 bits per heavy atom. The van der Waals surface area contributed by atoms with Gasteiger partial charge in [-0.15, -0.1) is 6.58 Å². The summed E-state index contributed by atoms with van der Waals surface area (Å²) in [6.45, 7) is 7.91. The lowest BCUT2D eigenvalue weighted by Crippen LogP contribution is -2.40. The van der Waals surface area contributed by atoms with Gasteiger partial charge in [-0.1, -0.05) is 60.2 Å². The van der Waals surface area contributed by atoms with E-state index in [2.05, 4.69) is 85.4 Å². The molecule has 3 heteroatoms. The summed E-state index contributed by atoms with van der Waals surface area (Å²) in [6, 6.07) is 8.57. The van der Waals surface area contributed by atoms with Crippen LogP contribution < -0.4 is 16.4 Å². The minimum atomic E-state index is 0.883. The Kier molecular flexibility index (Phi) is 8.65. The van der Waals surface area contributed by atoms with Gasteiger partial charge in [-0.25, -0.2) is 5.43 Å². The molecule has 0 fully saturated rings. The van der Waals surface area contributed by atoms with Gasteiger partial charge < -0.3 is 5.43 Å². The third kappa shape index (κ3) is 7.07. The molecule has 3 N–H and O–H groups in total. The van der Waals surface area contributed by atoms with Crippen molar-refractivity contribution in [2.75, 3.05) is 7.05 Å². The zero-order valence-electron chi connectivity index (χ0n) is 13.8. The number of aryl methyl sites for hydroxylation is 1. The quantitative estimate of drug-likeness (QED) is 0.369. The van der Waals surface area contributed by atoms with Crippen molar-refractivity contribution in [3.63, 3.8) is 0 Å². The van der Waals surface area contributed by atoms with E-state index in [9.17, 15) is 0 Å². The molecule has 0 bridgehead atoms. The van der Waals surface area contributed by atoms with Crippen LogP contribution in [-0.2, 0) is 6.42 Å². The van der Waals surface area contributed by atoms with Crippen molar-refractivity contribution in [2.45, 2.75) is 26.7 Å². The molecule has 0 spiro atoms. The highest BCUT2D eigenvalue weighted by atomic mass is 15.6. The van der Waals surface area contributed by atoms with Crippen molar-refractivity contribution >= 4 is 0 Å². The fourth-order valence-corrected chi connectivity index (χ4v) is 1.98. The molecule has 0 amide bonds. The summed E-state index contributed by atoms with van der Waals surface area (Å²) in [6.07, 6.45) is 12.1. The van der Waals surface area contributed by atoms with Gasteiger partial charge >= 0.3 is 0 Å². The first-order valence-corrected chi connectivity index (χ1v) is 7.55. The summed E-state index contributed by atoms with van der Waals surface area (Å²) < 4.78 is 0. The highest BCUT2D eigenvalue weighted by Crippen LogP contribution is 2.10. The normalized spacial score (nSPS) is 12.7. The molecule has 0 aliphatic heterocycles. The Morgan fingerprint density at radius 1 is 1.32 bits per heavy atom. The number of rotatable bonds is 9. The lowest BCUT2D eigenvalue weighted by molar-refractivity contribution is 0.524. The van der Waals surface area contributed by atoms with Crippen LogP contribution in [0.15, 0.2) is 72.5 Å². The standard InChI is InChI=1S/C19H27N3/c1-5-6-7-8-11-17(3)19(21-22-20-4)14-13-18-12-9-10-16(2)15-18/h5,7-12,14-15,20-22H,1,6,13H2,2-4H3/b8-7-,17-11+,19-14-. The summed E-state index contributed by atoms with van der Waals surface area (Å²) in [5, 5.41) is 0. The molecule has 0 atom stereocenters. The maximum Gasteiger partial charge on any atom is 0.0493 e. The number of hydrazine groups is 2. The van der Waals surface area contributed by atoms with Crippen LogP contribution in [0.3, 0.4) is 0 Å². The molecule has 1 aromatic carbocycles. The largest absolute Gasteiger partial charge is 0.308 e. The zero-order valence-corrected chi connectivity index (χ0v) is 13.8. The summed E-state index contributed by atoms with van der Waals surface area (Å²) in [5.74, 6) is 0. The first-order chi connectivity index (χ1) is 10.7. The zero-order chi connectivity index (χ0) is 16.2. The fraction of sp³-hybridized carbons (Fsp3) is 0.263. The van der Waals surface area contributed by atoms with Crippen molar-refractivity contribution in [1.82, 2.24) is 16.4 Å². The molecular weight excluding hydrogens is 270 g/mol. The summed E-state index contributed by atoms with van der Waals surface area (Å²) in [5.41, 5.74) is 13.8. The van der Waals surface area contributed by atoms with E-state index in [0.29, 0.717) is 0 Å². The second kappa shape index (κ2) is 10.6. The predicted molar refractivity (Wildman–Crippen MR) is 96.0 cm³/mol. The van der Waals surface area contributed by atoms with Crippen LogP contribution in [0.4, 0.5) is 0 Å². The first kappa shape index (κ1) is 18.0. The average Bonchev–Trinajstić information content (AvgIpc) is 2.51. The van der Waals surface area contributed by atoms with Gasteiger partial charge in [0, 0.05) is 12.7 Å². The lowest BCUT2D eigenvalue weighted by Gasteiger charge is -2.12. The molecule has 0 saturated heterocycles. The highest BCUT2D eigenvalue weighted by molar-refractivity contribution is 5.33. The number of nitrogens with one attached hydrogen (secondary N) is 3. The Bertz CT molecular complexity index is 554. The Morgan fingerprint density at radius 2 is 2.14 bits per heavy atom. The van der Waals surface area contributed by atoms with Gasteiger partial charge in [-0.3, -0.25) is 0 Å². The number of hydrogen-bond acceptors (Lipinski definition) is 3. The SMILES string of the molecule is C=CC\C=C/C=C(C)/C(=C/Cc1cccc(C)c1)NNNC. The minimum Gasteiger partial charge on any atom is -0.308 e. The van der Waals surface area contributed by atoms with Crippen LogP contribution >= 0.6 is 0 Å². The van der Waals surface area contributed by atoms with Crippen LogP contribution in [0.25, 0.3) is 0 Å². The van der Waals surface area contributed by atoms with E-state index in [1.165, 1.54) is 11.1 Å². The highest BCUT2D eigenvalue weighted by Gasteiger charge is 1.99. The maximum atomic E-state index is 3.71. The van der Waals surface area contributed by atoms with E-state index in [1.54, 1.807) is 0 Å². The Labute approximate surface area is 134 Å². The van der Waals surface area contributed by atoms with Crippen LogP contribution in [-0.4, -0.2) is 7.05 Å². The molecule has 1 rings (SSSR count). The van der Waals surface area contributed by atoms with Crippen molar-refractivity contribution in [3.05, 3.63) is 83.6 Å². The van der Waals surface area contributed by atoms with Crippen LogP contribution in [0.2, 0.25) is 0 Å². The van der Waals surface area contributed by atoms with Crippen molar-refractivity contribution in [1.29, 1.82) is 0 Å². The molecule has 0 aromatic heterocycles. The average molecular weight is 297 g/mol. The van der Waals surface area contributed by atoms with Crippen molar-refractivity contribution in [2.24, 2.45) is 0 Å². The topological polar surface area (TPSA) is 36.1 Å².